The second kappa shape index (κ2) is 4.75. The lowest BCUT2D eigenvalue weighted by Crippen LogP contribution is -1.86. The highest BCUT2D eigenvalue weighted by Gasteiger charge is 2.01. The van der Waals surface area contributed by atoms with Gasteiger partial charge in [0.25, 0.3) is 0 Å². The third-order valence-corrected chi connectivity index (χ3v) is 2.70. The molecule has 0 radical (unpaired) electrons. The number of hydrogen-bond donors (Lipinski definition) is 0. The minimum Gasteiger partial charge on any atom is -0.264 e. The number of aromatic nitrogens is 3. The molecule has 0 saturated heterocycles. The highest BCUT2D eigenvalue weighted by molar-refractivity contribution is 5.66. The molecule has 0 aliphatic carbocycles. The average molecular weight is 233 g/mol. The van der Waals surface area contributed by atoms with E-state index in [4.69, 9.17) is 0 Å². The van der Waals surface area contributed by atoms with Gasteiger partial charge < -0.3 is 0 Å². The van der Waals surface area contributed by atoms with Crippen molar-refractivity contribution in [1.82, 2.24) is 15.0 Å². The van der Waals surface area contributed by atoms with Gasteiger partial charge in [0.2, 0.25) is 0 Å². The van der Waals surface area contributed by atoms with Crippen molar-refractivity contribution in [3.63, 3.8) is 0 Å². The third kappa shape index (κ3) is 2.11. The molecule has 3 heteroatoms. The lowest BCUT2D eigenvalue weighted by molar-refractivity contribution is 1.18. The molecule has 0 atom stereocenters. The molecule has 0 unspecified atom stereocenters. The van der Waals surface area contributed by atoms with Crippen LogP contribution in [0, 0.1) is 0 Å². The van der Waals surface area contributed by atoms with Gasteiger partial charge in [-0.15, -0.1) is 0 Å². The van der Waals surface area contributed by atoms with E-state index in [-0.39, 0.29) is 0 Å². The SMILES string of the molecule is c1cnc(-c2ccc(-c3cccnc3)cc2)nc1. The minimum atomic E-state index is 0.746. The quantitative estimate of drug-likeness (QED) is 0.682. The Morgan fingerprint density at radius 3 is 2.00 bits per heavy atom. The summed E-state index contributed by atoms with van der Waals surface area (Å²) in [5, 5.41) is 0. The molecular formula is C15H11N3. The first-order valence-electron chi connectivity index (χ1n) is 5.71. The normalized spacial score (nSPS) is 10.2. The Labute approximate surface area is 105 Å². The number of pyridine rings is 1. The summed E-state index contributed by atoms with van der Waals surface area (Å²) in [5.74, 6) is 0.746. The summed E-state index contributed by atoms with van der Waals surface area (Å²) in [6.45, 7) is 0. The summed E-state index contributed by atoms with van der Waals surface area (Å²) in [6.07, 6.45) is 7.12. The summed E-state index contributed by atoms with van der Waals surface area (Å²) < 4.78 is 0. The van der Waals surface area contributed by atoms with Crippen LogP contribution in [0.1, 0.15) is 0 Å². The van der Waals surface area contributed by atoms with Crippen LogP contribution in [-0.4, -0.2) is 15.0 Å². The fraction of sp³-hybridized carbons (Fsp3) is 0. The Bertz CT molecular complexity index is 560. The maximum Gasteiger partial charge on any atom is 0.159 e. The zero-order chi connectivity index (χ0) is 12.2. The smallest absolute Gasteiger partial charge is 0.159 e. The molecular weight excluding hydrogens is 222 g/mol. The summed E-state index contributed by atoms with van der Waals surface area (Å²) in [6, 6.07) is 14.0. The molecule has 0 aliphatic heterocycles. The summed E-state index contributed by atoms with van der Waals surface area (Å²) in [5.41, 5.74) is 3.27. The van der Waals surface area contributed by atoms with Crippen LogP contribution in [-0.2, 0) is 0 Å². The molecule has 0 N–H and O–H groups in total. The number of hydrogen-bond acceptors (Lipinski definition) is 3. The van der Waals surface area contributed by atoms with Crippen molar-refractivity contribution in [3.8, 4) is 22.5 Å². The fourth-order valence-corrected chi connectivity index (χ4v) is 1.79. The maximum absolute atomic E-state index is 4.23. The topological polar surface area (TPSA) is 38.7 Å². The molecule has 0 aliphatic rings. The van der Waals surface area contributed by atoms with E-state index in [1.54, 1.807) is 18.6 Å². The van der Waals surface area contributed by atoms with Gasteiger partial charge in [-0.2, -0.15) is 0 Å². The lowest BCUT2D eigenvalue weighted by atomic mass is 10.1. The van der Waals surface area contributed by atoms with Crippen molar-refractivity contribution < 1.29 is 0 Å². The molecule has 3 rings (SSSR count). The zero-order valence-corrected chi connectivity index (χ0v) is 9.69. The first kappa shape index (κ1) is 10.6. The van der Waals surface area contributed by atoms with Crippen molar-refractivity contribution in [2.24, 2.45) is 0 Å². The Kier molecular flexibility index (Phi) is 2.80. The van der Waals surface area contributed by atoms with Gasteiger partial charge in [-0.3, -0.25) is 4.98 Å². The Balaban J connectivity index is 1.95. The van der Waals surface area contributed by atoms with Crippen LogP contribution in [0.25, 0.3) is 22.5 Å². The van der Waals surface area contributed by atoms with Crippen LogP contribution in [0.15, 0.2) is 67.3 Å². The predicted octanol–water partition coefficient (Wildman–Crippen LogP) is 3.21. The molecule has 0 fully saturated rings. The monoisotopic (exact) mass is 233 g/mol. The molecule has 0 bridgehead atoms. The lowest BCUT2D eigenvalue weighted by Gasteiger charge is -2.03. The molecule has 2 heterocycles. The Morgan fingerprint density at radius 1 is 0.611 bits per heavy atom. The van der Waals surface area contributed by atoms with Crippen molar-refractivity contribution >= 4 is 0 Å². The van der Waals surface area contributed by atoms with Gasteiger partial charge in [-0.05, 0) is 23.3 Å². The van der Waals surface area contributed by atoms with Crippen LogP contribution in [0.4, 0.5) is 0 Å². The molecule has 86 valence electrons. The average Bonchev–Trinajstić information content (AvgIpc) is 2.49. The van der Waals surface area contributed by atoms with Gasteiger partial charge in [0.15, 0.2) is 5.82 Å². The van der Waals surface area contributed by atoms with E-state index in [0.717, 1.165) is 22.5 Å². The van der Waals surface area contributed by atoms with E-state index in [9.17, 15) is 0 Å². The highest BCUT2D eigenvalue weighted by Crippen LogP contribution is 2.21. The zero-order valence-electron chi connectivity index (χ0n) is 9.69. The van der Waals surface area contributed by atoms with E-state index < -0.39 is 0 Å². The van der Waals surface area contributed by atoms with E-state index in [1.165, 1.54) is 0 Å². The summed E-state index contributed by atoms with van der Waals surface area (Å²) in [4.78, 5) is 12.6. The van der Waals surface area contributed by atoms with Crippen LogP contribution < -0.4 is 0 Å². The first-order valence-corrected chi connectivity index (χ1v) is 5.71. The Hall–Kier alpha value is -2.55. The summed E-state index contributed by atoms with van der Waals surface area (Å²) >= 11 is 0. The van der Waals surface area contributed by atoms with Crippen molar-refractivity contribution in [3.05, 3.63) is 67.3 Å². The van der Waals surface area contributed by atoms with Crippen LogP contribution in [0.2, 0.25) is 0 Å². The van der Waals surface area contributed by atoms with E-state index in [0.29, 0.717) is 0 Å². The molecule has 0 spiro atoms. The first-order chi connectivity index (χ1) is 8.93. The molecule has 0 amide bonds. The fourth-order valence-electron chi connectivity index (χ4n) is 1.79. The minimum absolute atomic E-state index is 0.746. The maximum atomic E-state index is 4.23. The molecule has 0 saturated carbocycles. The van der Waals surface area contributed by atoms with Gasteiger partial charge in [0.1, 0.15) is 0 Å². The van der Waals surface area contributed by atoms with Crippen LogP contribution in [0.3, 0.4) is 0 Å². The highest BCUT2D eigenvalue weighted by atomic mass is 14.8. The number of benzene rings is 1. The second-order valence-corrected chi connectivity index (χ2v) is 3.89. The predicted molar refractivity (Wildman–Crippen MR) is 70.7 cm³/mol. The molecule has 3 nitrogen and oxygen atoms in total. The second-order valence-electron chi connectivity index (χ2n) is 3.89. The van der Waals surface area contributed by atoms with Crippen LogP contribution in [0.5, 0.6) is 0 Å². The van der Waals surface area contributed by atoms with Crippen LogP contribution >= 0.6 is 0 Å². The van der Waals surface area contributed by atoms with Gasteiger partial charge in [-0.25, -0.2) is 9.97 Å². The van der Waals surface area contributed by atoms with E-state index >= 15 is 0 Å². The van der Waals surface area contributed by atoms with E-state index in [2.05, 4.69) is 27.1 Å². The number of nitrogens with zero attached hydrogens (tertiary/aromatic N) is 3. The van der Waals surface area contributed by atoms with Gasteiger partial charge in [-0.1, -0.05) is 30.3 Å². The molecule has 2 aromatic heterocycles. The van der Waals surface area contributed by atoms with Gasteiger partial charge in [0, 0.05) is 30.4 Å². The van der Waals surface area contributed by atoms with Crippen molar-refractivity contribution in [2.45, 2.75) is 0 Å². The Morgan fingerprint density at radius 2 is 1.33 bits per heavy atom. The molecule has 3 aromatic rings. The standard InChI is InChI=1S/C15H11N3/c1-3-14(11-16-8-1)12-4-6-13(7-5-12)15-17-9-2-10-18-15/h1-11H. The molecule has 18 heavy (non-hydrogen) atoms. The molecule has 1 aromatic carbocycles. The van der Waals surface area contributed by atoms with Crippen molar-refractivity contribution in [2.75, 3.05) is 0 Å². The largest absolute Gasteiger partial charge is 0.264 e. The van der Waals surface area contributed by atoms with Gasteiger partial charge >= 0.3 is 0 Å². The number of rotatable bonds is 2. The summed E-state index contributed by atoms with van der Waals surface area (Å²) in [7, 11) is 0. The van der Waals surface area contributed by atoms with Crippen molar-refractivity contribution in [1.29, 1.82) is 0 Å². The third-order valence-electron chi connectivity index (χ3n) is 2.70. The van der Waals surface area contributed by atoms with Gasteiger partial charge in [0.05, 0.1) is 0 Å². The van der Waals surface area contributed by atoms with E-state index in [1.807, 2.05) is 36.5 Å².